The van der Waals surface area contributed by atoms with Crippen LogP contribution in [0.4, 0.5) is 11.5 Å². The normalized spacial score (nSPS) is 12.2. The highest BCUT2D eigenvalue weighted by atomic mass is 16.6. The summed E-state index contributed by atoms with van der Waals surface area (Å²) in [5.74, 6) is 0.544. The molecule has 1 aromatic heterocycles. The van der Waals surface area contributed by atoms with Gasteiger partial charge in [0.1, 0.15) is 5.82 Å². The van der Waals surface area contributed by atoms with Crippen molar-refractivity contribution < 1.29 is 10.0 Å². The van der Waals surface area contributed by atoms with E-state index < -0.39 is 11.0 Å². The fourth-order valence-corrected chi connectivity index (χ4v) is 1.40. The predicted molar refractivity (Wildman–Crippen MR) is 65.2 cm³/mol. The third-order valence-corrected chi connectivity index (χ3v) is 2.53. The second kappa shape index (κ2) is 5.58. The number of nitro groups is 1. The van der Waals surface area contributed by atoms with Gasteiger partial charge in [0.15, 0.2) is 0 Å². The van der Waals surface area contributed by atoms with Crippen LogP contribution in [0.25, 0.3) is 0 Å². The van der Waals surface area contributed by atoms with Crippen molar-refractivity contribution in [3.05, 3.63) is 27.9 Å². The minimum Gasteiger partial charge on any atom is -0.393 e. The average Bonchev–Trinajstić information content (AvgIpc) is 2.26. The van der Waals surface area contributed by atoms with Crippen LogP contribution in [-0.2, 0) is 0 Å². The molecule has 0 saturated heterocycles. The third kappa shape index (κ3) is 3.67. The molecule has 94 valence electrons. The number of hydrogen-bond acceptors (Lipinski definition) is 5. The second-order valence-electron chi connectivity index (χ2n) is 4.15. The number of aliphatic hydroxyl groups is 1. The van der Waals surface area contributed by atoms with Gasteiger partial charge in [-0.2, -0.15) is 0 Å². The highest BCUT2D eigenvalue weighted by Crippen LogP contribution is 2.21. The fourth-order valence-electron chi connectivity index (χ4n) is 1.40. The Balaban J connectivity index is 2.84. The molecule has 6 heteroatoms. The van der Waals surface area contributed by atoms with Crippen LogP contribution in [0.3, 0.4) is 0 Å². The lowest BCUT2D eigenvalue weighted by molar-refractivity contribution is -0.385. The van der Waals surface area contributed by atoms with Gasteiger partial charge in [0.05, 0.1) is 17.1 Å². The van der Waals surface area contributed by atoms with E-state index in [1.807, 2.05) is 0 Å². The molecule has 17 heavy (non-hydrogen) atoms. The molecule has 1 rings (SSSR count). The lowest BCUT2D eigenvalue weighted by atomic mass is 10.2. The molecule has 0 aliphatic carbocycles. The number of anilines is 1. The zero-order valence-electron chi connectivity index (χ0n) is 10.3. The Hall–Kier alpha value is -1.69. The van der Waals surface area contributed by atoms with Crippen molar-refractivity contribution in [1.82, 2.24) is 4.98 Å². The van der Waals surface area contributed by atoms with E-state index in [4.69, 9.17) is 0 Å². The Morgan fingerprint density at radius 2 is 2.29 bits per heavy atom. The molecule has 0 aliphatic rings. The molecule has 0 aromatic carbocycles. The predicted octanol–water partition coefficient (Wildman–Crippen LogP) is 1.51. The minimum atomic E-state index is -0.414. The lowest BCUT2D eigenvalue weighted by Crippen LogP contribution is -2.22. The summed E-state index contributed by atoms with van der Waals surface area (Å²) in [6.45, 7) is 3.97. The smallest absolute Gasteiger partial charge is 0.277 e. The van der Waals surface area contributed by atoms with E-state index in [0.717, 1.165) is 0 Å². The summed E-state index contributed by atoms with van der Waals surface area (Å²) in [6.07, 6.45) is 1.70. The lowest BCUT2D eigenvalue weighted by Gasteiger charge is -2.18. The summed E-state index contributed by atoms with van der Waals surface area (Å²) >= 11 is 0. The maximum absolute atomic E-state index is 10.8. The van der Waals surface area contributed by atoms with Crippen molar-refractivity contribution in [1.29, 1.82) is 0 Å². The van der Waals surface area contributed by atoms with Crippen LogP contribution in [-0.4, -0.2) is 34.7 Å². The Labute approximate surface area is 100 Å². The van der Waals surface area contributed by atoms with E-state index in [1.54, 1.807) is 25.8 Å². The first-order chi connectivity index (χ1) is 7.91. The molecule has 0 saturated carbocycles. The Morgan fingerprint density at radius 1 is 1.65 bits per heavy atom. The van der Waals surface area contributed by atoms with Gasteiger partial charge in [-0.15, -0.1) is 0 Å². The first-order valence-electron chi connectivity index (χ1n) is 5.42. The topological polar surface area (TPSA) is 79.5 Å². The van der Waals surface area contributed by atoms with Crippen molar-refractivity contribution in [2.45, 2.75) is 26.4 Å². The van der Waals surface area contributed by atoms with Crippen LogP contribution in [0, 0.1) is 17.0 Å². The van der Waals surface area contributed by atoms with Gasteiger partial charge < -0.3 is 10.0 Å². The Kier molecular flexibility index (Phi) is 4.39. The molecule has 1 heterocycles. The van der Waals surface area contributed by atoms with Gasteiger partial charge in [-0.3, -0.25) is 10.1 Å². The maximum Gasteiger partial charge on any atom is 0.277 e. The first kappa shape index (κ1) is 13.4. The van der Waals surface area contributed by atoms with E-state index in [1.165, 1.54) is 12.3 Å². The van der Waals surface area contributed by atoms with Gasteiger partial charge in [0, 0.05) is 25.4 Å². The van der Waals surface area contributed by atoms with E-state index in [-0.39, 0.29) is 5.69 Å². The molecule has 0 spiro atoms. The highest BCUT2D eigenvalue weighted by molar-refractivity contribution is 5.50. The number of aromatic nitrogens is 1. The summed E-state index contributed by atoms with van der Waals surface area (Å²) in [6, 6.07) is 1.46. The molecule has 1 atom stereocenters. The molecule has 1 unspecified atom stereocenters. The quantitative estimate of drug-likeness (QED) is 0.622. The van der Waals surface area contributed by atoms with Gasteiger partial charge >= 0.3 is 0 Å². The van der Waals surface area contributed by atoms with Crippen molar-refractivity contribution in [3.63, 3.8) is 0 Å². The van der Waals surface area contributed by atoms with E-state index in [2.05, 4.69) is 4.98 Å². The third-order valence-electron chi connectivity index (χ3n) is 2.53. The molecular weight excluding hydrogens is 222 g/mol. The number of nitrogens with zero attached hydrogens (tertiary/aromatic N) is 3. The number of aliphatic hydroxyl groups excluding tert-OH is 1. The first-order valence-corrected chi connectivity index (χ1v) is 5.42. The average molecular weight is 239 g/mol. The molecule has 6 nitrogen and oxygen atoms in total. The largest absolute Gasteiger partial charge is 0.393 e. The summed E-state index contributed by atoms with van der Waals surface area (Å²) in [4.78, 5) is 16.3. The van der Waals surface area contributed by atoms with Crippen molar-refractivity contribution in [2.24, 2.45) is 0 Å². The molecule has 0 aliphatic heterocycles. The second-order valence-corrected chi connectivity index (χ2v) is 4.15. The molecule has 0 amide bonds. The summed E-state index contributed by atoms with van der Waals surface area (Å²) < 4.78 is 0. The van der Waals surface area contributed by atoms with Crippen LogP contribution in [0.5, 0.6) is 0 Å². The SMILES string of the molecule is Cc1cnc(N(C)CCC(C)O)cc1[N+](=O)[O-]. The minimum absolute atomic E-state index is 0.0684. The molecule has 1 aromatic rings. The summed E-state index contributed by atoms with van der Waals surface area (Å²) in [7, 11) is 1.80. The van der Waals surface area contributed by atoms with Crippen molar-refractivity contribution in [2.75, 3.05) is 18.5 Å². The summed E-state index contributed by atoms with van der Waals surface area (Å²) in [5.41, 5.74) is 0.613. The molecule has 1 N–H and O–H groups in total. The van der Waals surface area contributed by atoms with Crippen LogP contribution in [0.15, 0.2) is 12.3 Å². The molecule has 0 radical (unpaired) electrons. The van der Waals surface area contributed by atoms with Crippen LogP contribution >= 0.6 is 0 Å². The number of rotatable bonds is 5. The number of pyridine rings is 1. The van der Waals surface area contributed by atoms with Gasteiger partial charge in [-0.1, -0.05) is 0 Å². The van der Waals surface area contributed by atoms with Crippen molar-refractivity contribution >= 4 is 11.5 Å². The molecule has 0 bridgehead atoms. The number of hydrogen-bond donors (Lipinski definition) is 1. The zero-order chi connectivity index (χ0) is 13.0. The van der Waals surface area contributed by atoms with E-state index in [9.17, 15) is 15.2 Å². The van der Waals surface area contributed by atoms with Gasteiger partial charge in [0.25, 0.3) is 5.69 Å². The van der Waals surface area contributed by atoms with Gasteiger partial charge in [0.2, 0.25) is 0 Å². The van der Waals surface area contributed by atoms with Crippen LogP contribution in [0.2, 0.25) is 0 Å². The highest BCUT2D eigenvalue weighted by Gasteiger charge is 2.14. The molecular formula is C11H17N3O3. The Bertz CT molecular complexity index is 407. The monoisotopic (exact) mass is 239 g/mol. The zero-order valence-corrected chi connectivity index (χ0v) is 10.3. The number of aryl methyl sites for hydroxylation is 1. The maximum atomic E-state index is 10.8. The van der Waals surface area contributed by atoms with Gasteiger partial charge in [-0.05, 0) is 20.3 Å². The Morgan fingerprint density at radius 3 is 2.82 bits per heavy atom. The van der Waals surface area contributed by atoms with Crippen LogP contribution < -0.4 is 4.90 Å². The molecule has 0 fully saturated rings. The fraction of sp³-hybridized carbons (Fsp3) is 0.545. The summed E-state index contributed by atoms with van der Waals surface area (Å²) in [5, 5.41) is 20.0. The van der Waals surface area contributed by atoms with Crippen LogP contribution in [0.1, 0.15) is 18.9 Å². The van der Waals surface area contributed by atoms with E-state index in [0.29, 0.717) is 24.3 Å². The van der Waals surface area contributed by atoms with E-state index >= 15 is 0 Å². The van der Waals surface area contributed by atoms with Crippen molar-refractivity contribution in [3.8, 4) is 0 Å². The standard InChI is InChI=1S/C11H17N3O3/c1-8-7-12-11(6-10(8)14(16)17)13(3)5-4-9(2)15/h6-7,9,15H,4-5H2,1-3H3. The van der Waals surface area contributed by atoms with Gasteiger partial charge in [-0.25, -0.2) is 4.98 Å².